The van der Waals surface area contributed by atoms with Crippen molar-refractivity contribution in [3.63, 3.8) is 0 Å². The number of nitrogens with two attached hydrogens (primary N) is 1. The zero-order valence-electron chi connectivity index (χ0n) is 13.1. The second-order valence-corrected chi connectivity index (χ2v) is 6.98. The number of amides is 1. The van der Waals surface area contributed by atoms with Crippen molar-refractivity contribution in [2.75, 3.05) is 45.5 Å². The Hall–Kier alpha value is -1.11. The van der Waals surface area contributed by atoms with E-state index in [2.05, 4.69) is 36.0 Å². The number of carbonyl (C=O) groups excluding carboxylic acids is 1. The number of hydrogen-bond acceptors (Lipinski definition) is 5. The van der Waals surface area contributed by atoms with Crippen LogP contribution in [0, 0.1) is 5.92 Å². The topological polar surface area (TPSA) is 61.6 Å². The molecule has 0 spiro atoms. The monoisotopic (exact) mass is 310 g/mol. The first kappa shape index (κ1) is 16.3. The maximum atomic E-state index is 12.2. The summed E-state index contributed by atoms with van der Waals surface area (Å²) in [5, 5.41) is 4.90. The van der Waals surface area contributed by atoms with Gasteiger partial charge in [0.2, 0.25) is 0 Å². The molecule has 2 heterocycles. The molecule has 1 fully saturated rings. The van der Waals surface area contributed by atoms with E-state index in [0.717, 1.165) is 26.2 Å². The highest BCUT2D eigenvalue weighted by Crippen LogP contribution is 2.19. The Balaban J connectivity index is 1.91. The third-order valence-corrected chi connectivity index (χ3v) is 5.08. The van der Waals surface area contributed by atoms with Crippen molar-refractivity contribution in [1.29, 1.82) is 0 Å². The molecule has 1 aromatic rings. The molecule has 1 aliphatic heterocycles. The molecule has 1 atom stereocenters. The summed E-state index contributed by atoms with van der Waals surface area (Å²) < 4.78 is 0. The molecule has 1 aliphatic rings. The molecule has 0 radical (unpaired) electrons. The molecule has 6 heteroatoms. The zero-order valence-corrected chi connectivity index (χ0v) is 13.9. The van der Waals surface area contributed by atoms with Crippen molar-refractivity contribution in [3.8, 4) is 0 Å². The van der Waals surface area contributed by atoms with Crippen molar-refractivity contribution in [2.24, 2.45) is 5.92 Å². The number of rotatable bonds is 5. The molecular formula is C15H26N4OS. The molecule has 1 aromatic heterocycles. The van der Waals surface area contributed by atoms with Crippen LogP contribution in [-0.4, -0.2) is 61.5 Å². The smallest absolute Gasteiger partial charge is 0.263 e. The standard InChI is InChI=1S/C15H26N4OS/c1-11(2)13(19-7-5-18(3)6-8-19)10-17-15(20)14-12(16)4-9-21-14/h4,9,11,13H,5-8,10,16H2,1-3H3,(H,17,20). The first-order valence-corrected chi connectivity index (χ1v) is 8.40. The van der Waals surface area contributed by atoms with Crippen molar-refractivity contribution in [2.45, 2.75) is 19.9 Å². The van der Waals surface area contributed by atoms with Crippen LogP contribution >= 0.6 is 11.3 Å². The lowest BCUT2D eigenvalue weighted by Gasteiger charge is -2.39. The molecule has 118 valence electrons. The summed E-state index contributed by atoms with van der Waals surface area (Å²) in [5.41, 5.74) is 6.37. The molecule has 21 heavy (non-hydrogen) atoms. The number of carbonyl (C=O) groups is 1. The fourth-order valence-electron chi connectivity index (χ4n) is 2.72. The van der Waals surface area contributed by atoms with Gasteiger partial charge in [0.15, 0.2) is 0 Å². The van der Waals surface area contributed by atoms with Crippen LogP contribution in [0.3, 0.4) is 0 Å². The van der Waals surface area contributed by atoms with Crippen LogP contribution in [0.5, 0.6) is 0 Å². The number of nitrogen functional groups attached to an aromatic ring is 1. The highest BCUT2D eigenvalue weighted by molar-refractivity contribution is 7.12. The molecule has 2 rings (SSSR count). The summed E-state index contributed by atoms with van der Waals surface area (Å²) in [6.07, 6.45) is 0. The van der Waals surface area contributed by atoms with Gasteiger partial charge >= 0.3 is 0 Å². The van der Waals surface area contributed by atoms with Crippen LogP contribution in [0.4, 0.5) is 5.69 Å². The van der Waals surface area contributed by atoms with Gasteiger partial charge in [0.05, 0.1) is 5.69 Å². The molecule has 3 N–H and O–H groups in total. The second-order valence-electron chi connectivity index (χ2n) is 6.07. The fourth-order valence-corrected chi connectivity index (χ4v) is 3.46. The molecule has 5 nitrogen and oxygen atoms in total. The van der Waals surface area contributed by atoms with Gasteiger partial charge in [0.25, 0.3) is 5.91 Å². The second kappa shape index (κ2) is 7.24. The Bertz CT molecular complexity index is 466. The molecule has 1 saturated heterocycles. The predicted octanol–water partition coefficient (Wildman–Crippen LogP) is 1.33. The van der Waals surface area contributed by atoms with Crippen LogP contribution in [-0.2, 0) is 0 Å². The molecular weight excluding hydrogens is 284 g/mol. The number of nitrogens with one attached hydrogen (secondary N) is 1. The lowest BCUT2D eigenvalue weighted by Crippen LogP contribution is -2.54. The summed E-state index contributed by atoms with van der Waals surface area (Å²) in [4.78, 5) is 17.6. The highest BCUT2D eigenvalue weighted by Gasteiger charge is 2.25. The van der Waals surface area contributed by atoms with Crippen molar-refractivity contribution < 1.29 is 4.79 Å². The maximum absolute atomic E-state index is 12.2. The lowest BCUT2D eigenvalue weighted by atomic mass is 10.0. The van der Waals surface area contributed by atoms with Gasteiger partial charge < -0.3 is 16.0 Å². The van der Waals surface area contributed by atoms with Crippen LogP contribution in [0.2, 0.25) is 0 Å². The molecule has 1 unspecified atom stereocenters. The van der Waals surface area contributed by atoms with E-state index in [1.807, 2.05) is 5.38 Å². The first-order chi connectivity index (χ1) is 9.99. The average molecular weight is 310 g/mol. The number of hydrogen-bond donors (Lipinski definition) is 2. The number of anilines is 1. The van der Waals surface area contributed by atoms with E-state index in [4.69, 9.17) is 5.73 Å². The van der Waals surface area contributed by atoms with E-state index in [1.165, 1.54) is 11.3 Å². The minimum absolute atomic E-state index is 0.0534. The van der Waals surface area contributed by atoms with Gasteiger partial charge in [-0.25, -0.2) is 0 Å². The summed E-state index contributed by atoms with van der Waals surface area (Å²) in [6.45, 7) is 9.43. The Labute approximate surface area is 131 Å². The normalized spacial score (nSPS) is 18.9. The van der Waals surface area contributed by atoms with Crippen LogP contribution in [0.1, 0.15) is 23.5 Å². The number of likely N-dealkylation sites (N-methyl/N-ethyl adjacent to an activating group) is 1. The zero-order chi connectivity index (χ0) is 15.4. The maximum Gasteiger partial charge on any atom is 0.263 e. The molecule has 1 amide bonds. The number of thiophene rings is 1. The summed E-state index contributed by atoms with van der Waals surface area (Å²) in [5.74, 6) is 0.455. The van der Waals surface area contributed by atoms with Crippen molar-refractivity contribution >= 4 is 22.9 Å². The molecule has 0 bridgehead atoms. The lowest BCUT2D eigenvalue weighted by molar-refractivity contribution is 0.0793. The van der Waals surface area contributed by atoms with Gasteiger partial charge in [-0.05, 0) is 24.4 Å². The Kier molecular flexibility index (Phi) is 5.61. The molecule has 0 aromatic carbocycles. The van der Waals surface area contributed by atoms with E-state index < -0.39 is 0 Å². The van der Waals surface area contributed by atoms with Crippen LogP contribution < -0.4 is 11.1 Å². The SMILES string of the molecule is CC(C)C(CNC(=O)c1sccc1N)N1CCN(C)CC1. The fraction of sp³-hybridized carbons (Fsp3) is 0.667. The van der Waals surface area contributed by atoms with Crippen molar-refractivity contribution in [1.82, 2.24) is 15.1 Å². The van der Waals surface area contributed by atoms with Crippen molar-refractivity contribution in [3.05, 3.63) is 16.3 Å². The van der Waals surface area contributed by atoms with E-state index in [9.17, 15) is 4.79 Å². The largest absolute Gasteiger partial charge is 0.397 e. The van der Waals surface area contributed by atoms with Gasteiger partial charge in [-0.15, -0.1) is 11.3 Å². The summed E-state index contributed by atoms with van der Waals surface area (Å²) >= 11 is 1.40. The van der Waals surface area contributed by atoms with Crippen LogP contribution in [0.15, 0.2) is 11.4 Å². The van der Waals surface area contributed by atoms with E-state index in [1.54, 1.807) is 6.07 Å². The van der Waals surface area contributed by atoms with Gasteiger partial charge in [0, 0.05) is 38.8 Å². The van der Waals surface area contributed by atoms with Gasteiger partial charge in [0.1, 0.15) is 4.88 Å². The van der Waals surface area contributed by atoms with E-state index in [-0.39, 0.29) is 5.91 Å². The number of nitrogens with zero attached hydrogens (tertiary/aromatic N) is 2. The Morgan fingerprint density at radius 2 is 2.05 bits per heavy atom. The first-order valence-electron chi connectivity index (χ1n) is 7.52. The van der Waals surface area contributed by atoms with Gasteiger partial charge in [-0.3, -0.25) is 9.69 Å². The summed E-state index contributed by atoms with van der Waals surface area (Å²) in [7, 11) is 2.16. The van der Waals surface area contributed by atoms with Gasteiger partial charge in [-0.1, -0.05) is 13.8 Å². The minimum Gasteiger partial charge on any atom is -0.397 e. The highest BCUT2D eigenvalue weighted by atomic mass is 32.1. The number of piperazine rings is 1. The molecule has 0 aliphatic carbocycles. The summed E-state index contributed by atoms with van der Waals surface area (Å²) in [6, 6.07) is 2.16. The minimum atomic E-state index is -0.0534. The van der Waals surface area contributed by atoms with E-state index in [0.29, 0.717) is 29.1 Å². The Morgan fingerprint density at radius 3 is 2.57 bits per heavy atom. The van der Waals surface area contributed by atoms with Gasteiger partial charge in [-0.2, -0.15) is 0 Å². The average Bonchev–Trinajstić information content (AvgIpc) is 2.86. The van der Waals surface area contributed by atoms with Crippen LogP contribution in [0.25, 0.3) is 0 Å². The quantitative estimate of drug-likeness (QED) is 0.861. The third-order valence-electron chi connectivity index (χ3n) is 4.15. The Morgan fingerprint density at radius 1 is 1.38 bits per heavy atom. The molecule has 0 saturated carbocycles. The predicted molar refractivity (Wildman–Crippen MR) is 88.8 cm³/mol. The third kappa shape index (κ3) is 4.18. The van der Waals surface area contributed by atoms with E-state index >= 15 is 0 Å².